The molecule has 3 aliphatic rings. The van der Waals surface area contributed by atoms with Crippen LogP contribution in [0.1, 0.15) is 23.5 Å². The minimum atomic E-state index is 0.492. The summed E-state index contributed by atoms with van der Waals surface area (Å²) in [7, 11) is 0. The molecule has 0 fully saturated rings. The molecule has 0 saturated heterocycles. The Morgan fingerprint density at radius 1 is 0.569 bits per heavy atom. The van der Waals surface area contributed by atoms with Crippen LogP contribution in [0.4, 0.5) is 0 Å². The lowest BCUT2D eigenvalue weighted by Gasteiger charge is -2.19. The van der Waals surface area contributed by atoms with Crippen molar-refractivity contribution in [2.45, 2.75) is 17.2 Å². The summed E-state index contributed by atoms with van der Waals surface area (Å²) in [6.07, 6.45) is 5.97. The molecule has 238 valence electrons. The molecule has 2 aliphatic carbocycles. The van der Waals surface area contributed by atoms with Crippen molar-refractivity contribution in [2.75, 3.05) is 0 Å². The van der Waals surface area contributed by atoms with Gasteiger partial charge in [0.1, 0.15) is 0 Å². The zero-order chi connectivity index (χ0) is 33.2. The number of fused-ring (bicyclic) bond motifs is 11. The number of aromatic nitrogens is 2. The van der Waals surface area contributed by atoms with Gasteiger partial charge in [-0.25, -0.2) is 0 Å². The number of allylic oxidation sites excluding steroid dienone is 4. The van der Waals surface area contributed by atoms with Gasteiger partial charge in [0.2, 0.25) is 0 Å². The van der Waals surface area contributed by atoms with Crippen molar-refractivity contribution in [1.29, 1.82) is 0 Å². The highest BCUT2D eigenvalue weighted by molar-refractivity contribution is 8.03. The molecule has 1 aliphatic heterocycles. The number of hydrogen-bond donors (Lipinski definition) is 1. The van der Waals surface area contributed by atoms with Gasteiger partial charge in [0.25, 0.3) is 0 Å². The number of H-pyrrole nitrogens is 1. The number of nitrogens with zero attached hydrogens (tertiary/aromatic N) is 1. The highest BCUT2D eigenvalue weighted by atomic mass is 32.2. The lowest BCUT2D eigenvalue weighted by Crippen LogP contribution is -2.00. The van der Waals surface area contributed by atoms with Gasteiger partial charge in [0, 0.05) is 54.9 Å². The second kappa shape index (κ2) is 10.3. The molecular formula is C48H30N2S. The average molecular weight is 667 g/mol. The van der Waals surface area contributed by atoms with E-state index in [1.807, 2.05) is 11.8 Å². The molecule has 9 aromatic rings. The average Bonchev–Trinajstić information content (AvgIpc) is 3.93. The first-order valence-electron chi connectivity index (χ1n) is 17.8. The predicted molar refractivity (Wildman–Crippen MR) is 216 cm³/mol. The SMILES string of the molecule is C1=C(c2ccc3c4c(cccc24)-c2[nH]c4c(-c5cccc6c7ccccc7n(-c7ccccc7)c56)cccc4c2-3)C=C2Sc3ccccc3C2C1. The van der Waals surface area contributed by atoms with Crippen molar-refractivity contribution < 1.29 is 0 Å². The minimum absolute atomic E-state index is 0.492. The first-order chi connectivity index (χ1) is 25.3. The summed E-state index contributed by atoms with van der Waals surface area (Å²) in [6, 6.07) is 53.7. The number of para-hydroxylation sites is 4. The Balaban J connectivity index is 1.04. The Bertz CT molecular complexity index is 3030. The van der Waals surface area contributed by atoms with Gasteiger partial charge in [-0.15, -0.1) is 0 Å². The van der Waals surface area contributed by atoms with Gasteiger partial charge < -0.3 is 9.55 Å². The van der Waals surface area contributed by atoms with Crippen molar-refractivity contribution in [3.05, 3.63) is 174 Å². The zero-order valence-corrected chi connectivity index (χ0v) is 28.5. The zero-order valence-electron chi connectivity index (χ0n) is 27.7. The second-order valence-electron chi connectivity index (χ2n) is 14.0. The summed E-state index contributed by atoms with van der Waals surface area (Å²) < 4.78 is 2.44. The lowest BCUT2D eigenvalue weighted by atomic mass is 9.86. The lowest BCUT2D eigenvalue weighted by molar-refractivity contribution is 0.840. The third kappa shape index (κ3) is 3.74. The molecule has 12 rings (SSSR count). The number of nitrogens with one attached hydrogen (secondary N) is 1. The van der Waals surface area contributed by atoms with Crippen LogP contribution in [-0.4, -0.2) is 9.55 Å². The highest BCUT2D eigenvalue weighted by Crippen LogP contribution is 2.56. The number of rotatable bonds is 3. The van der Waals surface area contributed by atoms with Crippen LogP contribution in [0.5, 0.6) is 0 Å². The summed E-state index contributed by atoms with van der Waals surface area (Å²) in [5.41, 5.74) is 16.6. The van der Waals surface area contributed by atoms with Crippen molar-refractivity contribution >= 4 is 60.8 Å². The van der Waals surface area contributed by atoms with Crippen LogP contribution in [0, 0.1) is 0 Å². The minimum Gasteiger partial charge on any atom is -0.353 e. The van der Waals surface area contributed by atoms with Crippen LogP contribution in [-0.2, 0) is 0 Å². The summed E-state index contributed by atoms with van der Waals surface area (Å²) in [5.74, 6) is 0.492. The van der Waals surface area contributed by atoms with E-state index < -0.39 is 0 Å². The third-order valence-corrected chi connectivity index (χ3v) is 12.7. The molecule has 3 heteroatoms. The van der Waals surface area contributed by atoms with E-state index in [-0.39, 0.29) is 0 Å². The van der Waals surface area contributed by atoms with E-state index >= 15 is 0 Å². The molecule has 0 amide bonds. The maximum absolute atomic E-state index is 4.01. The predicted octanol–water partition coefficient (Wildman–Crippen LogP) is 13.3. The molecule has 1 N–H and O–H groups in total. The molecule has 0 spiro atoms. The van der Waals surface area contributed by atoms with E-state index in [1.54, 1.807) is 0 Å². The van der Waals surface area contributed by atoms with E-state index in [2.05, 4.69) is 167 Å². The summed E-state index contributed by atoms with van der Waals surface area (Å²) in [6.45, 7) is 0. The molecule has 2 nitrogen and oxygen atoms in total. The van der Waals surface area contributed by atoms with Gasteiger partial charge in [0.15, 0.2) is 0 Å². The van der Waals surface area contributed by atoms with E-state index in [9.17, 15) is 0 Å². The van der Waals surface area contributed by atoms with Crippen LogP contribution in [0.3, 0.4) is 0 Å². The summed E-state index contributed by atoms with van der Waals surface area (Å²) in [4.78, 5) is 6.89. The maximum Gasteiger partial charge on any atom is 0.0620 e. The van der Waals surface area contributed by atoms with Gasteiger partial charge in [-0.05, 0) is 74.7 Å². The fourth-order valence-electron chi connectivity index (χ4n) is 9.31. The molecule has 1 atom stereocenters. The van der Waals surface area contributed by atoms with Crippen LogP contribution in [0.25, 0.3) is 88.3 Å². The van der Waals surface area contributed by atoms with E-state index in [0.717, 1.165) is 6.42 Å². The van der Waals surface area contributed by atoms with Gasteiger partial charge in [0.05, 0.1) is 22.2 Å². The van der Waals surface area contributed by atoms with Crippen LogP contribution in [0.15, 0.2) is 168 Å². The van der Waals surface area contributed by atoms with E-state index in [0.29, 0.717) is 5.92 Å². The van der Waals surface area contributed by atoms with E-state index in [1.165, 1.54) is 109 Å². The maximum atomic E-state index is 4.01. The number of thioether (sulfide) groups is 1. The Kier molecular flexibility index (Phi) is 5.58. The molecule has 3 heterocycles. The van der Waals surface area contributed by atoms with Crippen molar-refractivity contribution in [1.82, 2.24) is 9.55 Å². The summed E-state index contributed by atoms with van der Waals surface area (Å²) in [5, 5.41) is 6.50. The molecule has 2 aromatic heterocycles. The Morgan fingerprint density at radius 2 is 1.29 bits per heavy atom. The van der Waals surface area contributed by atoms with Crippen molar-refractivity contribution in [2.24, 2.45) is 0 Å². The molecular weight excluding hydrogens is 637 g/mol. The smallest absolute Gasteiger partial charge is 0.0620 e. The fourth-order valence-corrected chi connectivity index (χ4v) is 10.6. The van der Waals surface area contributed by atoms with Gasteiger partial charge in [-0.1, -0.05) is 139 Å². The number of benzene rings is 7. The third-order valence-electron chi connectivity index (χ3n) is 11.5. The Morgan fingerprint density at radius 3 is 2.22 bits per heavy atom. The number of aromatic amines is 1. The fraction of sp³-hybridized carbons (Fsp3) is 0.0417. The van der Waals surface area contributed by atoms with Crippen LogP contribution in [0.2, 0.25) is 0 Å². The largest absolute Gasteiger partial charge is 0.353 e. The van der Waals surface area contributed by atoms with Gasteiger partial charge >= 0.3 is 0 Å². The van der Waals surface area contributed by atoms with Gasteiger partial charge in [-0.3, -0.25) is 0 Å². The first kappa shape index (κ1) is 27.8. The van der Waals surface area contributed by atoms with Crippen LogP contribution >= 0.6 is 11.8 Å². The van der Waals surface area contributed by atoms with E-state index in [4.69, 9.17) is 0 Å². The molecule has 0 saturated carbocycles. The van der Waals surface area contributed by atoms with Gasteiger partial charge in [-0.2, -0.15) is 0 Å². The highest BCUT2D eigenvalue weighted by Gasteiger charge is 2.32. The van der Waals surface area contributed by atoms with Crippen LogP contribution < -0.4 is 0 Å². The standard InChI is InChI=1S/C48H30N2S/c1-2-11-29(12-3-1)50-41-21-6-4-13-31(41)36-17-10-18-37(48(36)50)35-16-9-20-40-45-38-26-25-30(34-15-8-19-39(44(34)38)47(45)49-46(35)40)28-23-24-33-32-14-5-7-22-42(32)51-43(33)27-28/h1-23,25-27,33,49H,24H2. The quantitative estimate of drug-likeness (QED) is 0.199. The monoisotopic (exact) mass is 666 g/mol. The Hall–Kier alpha value is -6.03. The Labute approximate surface area is 299 Å². The molecule has 7 aromatic carbocycles. The molecule has 0 radical (unpaired) electrons. The topological polar surface area (TPSA) is 20.7 Å². The molecule has 51 heavy (non-hydrogen) atoms. The molecule has 0 bridgehead atoms. The normalized spacial score (nSPS) is 15.7. The first-order valence-corrected chi connectivity index (χ1v) is 18.6. The summed E-state index contributed by atoms with van der Waals surface area (Å²) >= 11 is 1.95. The number of hydrogen-bond acceptors (Lipinski definition) is 1. The van der Waals surface area contributed by atoms with Crippen molar-refractivity contribution in [3.63, 3.8) is 0 Å². The molecule has 1 unspecified atom stereocenters. The van der Waals surface area contributed by atoms with Crippen molar-refractivity contribution in [3.8, 4) is 39.2 Å². The second-order valence-corrected chi connectivity index (χ2v) is 15.1.